The van der Waals surface area contributed by atoms with E-state index in [4.69, 9.17) is 0 Å². The maximum absolute atomic E-state index is 11.9. The highest BCUT2D eigenvalue weighted by Gasteiger charge is 2.44. The fourth-order valence-corrected chi connectivity index (χ4v) is 2.96. The van der Waals surface area contributed by atoms with Crippen molar-refractivity contribution in [1.82, 2.24) is 4.90 Å². The molecule has 0 aliphatic carbocycles. The Labute approximate surface area is 98.8 Å². The fraction of sp³-hybridized carbons (Fsp3) is 0.923. The number of hydrogen-bond donors (Lipinski definition) is 1. The van der Waals surface area contributed by atoms with Crippen LogP contribution >= 0.6 is 0 Å². The van der Waals surface area contributed by atoms with Crippen LogP contribution < -0.4 is 0 Å². The number of rotatable bonds is 2. The van der Waals surface area contributed by atoms with Crippen molar-refractivity contribution < 1.29 is 9.90 Å². The van der Waals surface area contributed by atoms with Gasteiger partial charge in [-0.2, -0.15) is 0 Å². The van der Waals surface area contributed by atoms with Gasteiger partial charge in [0, 0.05) is 17.9 Å². The Morgan fingerprint density at radius 1 is 1.31 bits per heavy atom. The third kappa shape index (κ3) is 2.76. The maximum atomic E-state index is 11.9. The Morgan fingerprint density at radius 3 is 2.12 bits per heavy atom. The Bertz CT molecular complexity index is 278. The van der Waals surface area contributed by atoms with Crippen LogP contribution in [0.5, 0.6) is 0 Å². The molecule has 0 saturated carbocycles. The van der Waals surface area contributed by atoms with Crippen molar-refractivity contribution in [3.05, 3.63) is 0 Å². The zero-order chi connectivity index (χ0) is 12.7. The summed E-state index contributed by atoms with van der Waals surface area (Å²) >= 11 is 0. The number of hydrogen-bond acceptors (Lipinski definition) is 2. The smallest absolute Gasteiger partial charge is 0.225 e. The second-order valence-electron chi connectivity index (χ2n) is 6.91. The van der Waals surface area contributed by atoms with Crippen LogP contribution in [0.2, 0.25) is 0 Å². The van der Waals surface area contributed by atoms with Crippen LogP contribution in [0.4, 0.5) is 0 Å². The molecule has 0 aromatic rings. The highest BCUT2D eigenvalue weighted by molar-refractivity contribution is 5.79. The average Bonchev–Trinajstić information content (AvgIpc) is 2.20. The van der Waals surface area contributed by atoms with Crippen LogP contribution in [0.3, 0.4) is 0 Å². The summed E-state index contributed by atoms with van der Waals surface area (Å²) in [5.41, 5.74) is -0.130. The maximum Gasteiger partial charge on any atom is 0.225 e. The lowest BCUT2D eigenvalue weighted by Crippen LogP contribution is -2.51. The van der Waals surface area contributed by atoms with Crippen LogP contribution in [-0.2, 0) is 4.79 Å². The van der Waals surface area contributed by atoms with E-state index in [0.29, 0.717) is 6.42 Å². The fourth-order valence-electron chi connectivity index (χ4n) is 2.96. The van der Waals surface area contributed by atoms with Gasteiger partial charge in [0.1, 0.15) is 6.23 Å². The van der Waals surface area contributed by atoms with E-state index in [-0.39, 0.29) is 22.8 Å². The molecule has 1 amide bonds. The van der Waals surface area contributed by atoms with Gasteiger partial charge in [-0.05, 0) is 25.7 Å². The molecule has 1 aliphatic rings. The van der Waals surface area contributed by atoms with Gasteiger partial charge >= 0.3 is 0 Å². The van der Waals surface area contributed by atoms with E-state index in [1.165, 1.54) is 0 Å². The van der Waals surface area contributed by atoms with E-state index in [0.717, 1.165) is 6.42 Å². The minimum atomic E-state index is -0.621. The van der Waals surface area contributed by atoms with Crippen molar-refractivity contribution in [2.24, 2.45) is 11.3 Å². The quantitative estimate of drug-likeness (QED) is 0.787. The molecule has 1 N–H and O–H groups in total. The largest absolute Gasteiger partial charge is 0.373 e. The highest BCUT2D eigenvalue weighted by atomic mass is 16.3. The van der Waals surface area contributed by atoms with Crippen LogP contribution in [0.1, 0.15) is 54.4 Å². The average molecular weight is 227 g/mol. The van der Waals surface area contributed by atoms with E-state index >= 15 is 0 Å². The molecule has 1 rings (SSSR count). The van der Waals surface area contributed by atoms with Gasteiger partial charge in [-0.15, -0.1) is 0 Å². The molecule has 2 unspecified atom stereocenters. The van der Waals surface area contributed by atoms with Gasteiger partial charge in [0.2, 0.25) is 5.91 Å². The van der Waals surface area contributed by atoms with Crippen molar-refractivity contribution >= 4 is 5.91 Å². The molecule has 94 valence electrons. The molecule has 0 radical (unpaired) electrons. The molecule has 1 aliphatic heterocycles. The molecule has 2 atom stereocenters. The molecule has 3 nitrogen and oxygen atoms in total. The summed E-state index contributed by atoms with van der Waals surface area (Å²) in [5, 5.41) is 10.1. The van der Waals surface area contributed by atoms with Gasteiger partial charge in [-0.3, -0.25) is 4.79 Å². The summed E-state index contributed by atoms with van der Waals surface area (Å²) in [7, 11) is 0. The molecule has 0 aromatic heterocycles. The van der Waals surface area contributed by atoms with Gasteiger partial charge in [-0.1, -0.05) is 27.7 Å². The monoisotopic (exact) mass is 227 g/mol. The third-order valence-corrected chi connectivity index (χ3v) is 3.15. The minimum Gasteiger partial charge on any atom is -0.373 e. The summed E-state index contributed by atoms with van der Waals surface area (Å²) in [4.78, 5) is 13.6. The summed E-state index contributed by atoms with van der Waals surface area (Å²) in [5.74, 6) is 0.126. The van der Waals surface area contributed by atoms with E-state index in [9.17, 15) is 9.90 Å². The molecular weight excluding hydrogens is 202 g/mol. The lowest BCUT2D eigenvalue weighted by Gasteiger charge is -2.42. The van der Waals surface area contributed by atoms with Crippen LogP contribution in [-0.4, -0.2) is 27.7 Å². The lowest BCUT2D eigenvalue weighted by atomic mass is 9.81. The Kier molecular flexibility index (Phi) is 3.39. The highest BCUT2D eigenvalue weighted by Crippen LogP contribution is 2.37. The van der Waals surface area contributed by atoms with Crippen LogP contribution in [0.25, 0.3) is 0 Å². The standard InChI is InChI=1S/C13H25NO2/c1-9-7-10(15)14(11(9)16)13(5,6)8-12(2,3)4/h9,11,16H,7-8H2,1-6H3. The number of carbonyl (C=O) groups is 1. The summed E-state index contributed by atoms with van der Waals surface area (Å²) < 4.78 is 0. The first-order valence-electron chi connectivity index (χ1n) is 6.05. The second-order valence-corrected chi connectivity index (χ2v) is 6.91. The molecular formula is C13H25NO2. The number of nitrogens with zero attached hydrogens (tertiary/aromatic N) is 1. The second kappa shape index (κ2) is 4.02. The number of aliphatic hydroxyl groups excluding tert-OH is 1. The van der Waals surface area contributed by atoms with Gasteiger partial charge < -0.3 is 10.0 Å². The van der Waals surface area contributed by atoms with Gasteiger partial charge in [0.05, 0.1) is 0 Å². The van der Waals surface area contributed by atoms with Crippen molar-refractivity contribution in [1.29, 1.82) is 0 Å². The first kappa shape index (κ1) is 13.5. The first-order chi connectivity index (χ1) is 7.04. The minimum absolute atomic E-state index is 0.0479. The summed E-state index contributed by atoms with van der Waals surface area (Å²) in [6.45, 7) is 12.5. The zero-order valence-corrected chi connectivity index (χ0v) is 11.4. The van der Waals surface area contributed by atoms with Gasteiger partial charge in [0.25, 0.3) is 0 Å². The lowest BCUT2D eigenvalue weighted by molar-refractivity contribution is -0.143. The predicted molar refractivity (Wildman–Crippen MR) is 64.8 cm³/mol. The van der Waals surface area contributed by atoms with Crippen molar-refractivity contribution in [3.63, 3.8) is 0 Å². The molecule has 0 aromatic carbocycles. The molecule has 1 fully saturated rings. The summed E-state index contributed by atoms with van der Waals surface area (Å²) in [6, 6.07) is 0. The Hall–Kier alpha value is -0.570. The van der Waals surface area contributed by atoms with E-state index in [1.807, 2.05) is 20.8 Å². The van der Waals surface area contributed by atoms with Crippen molar-refractivity contribution in [2.75, 3.05) is 0 Å². The summed E-state index contributed by atoms with van der Waals surface area (Å²) in [6.07, 6.45) is 0.731. The molecule has 0 spiro atoms. The Morgan fingerprint density at radius 2 is 1.81 bits per heavy atom. The topological polar surface area (TPSA) is 40.5 Å². The molecule has 1 heterocycles. The van der Waals surface area contributed by atoms with Gasteiger partial charge in [-0.25, -0.2) is 0 Å². The molecule has 0 bridgehead atoms. The third-order valence-electron chi connectivity index (χ3n) is 3.15. The van der Waals surface area contributed by atoms with Crippen LogP contribution in [0, 0.1) is 11.3 Å². The normalized spacial score (nSPS) is 27.7. The molecule has 1 saturated heterocycles. The molecule has 16 heavy (non-hydrogen) atoms. The van der Waals surface area contributed by atoms with E-state index in [2.05, 4.69) is 20.8 Å². The van der Waals surface area contributed by atoms with E-state index in [1.54, 1.807) is 4.90 Å². The number of amides is 1. The molecule has 3 heteroatoms. The number of likely N-dealkylation sites (tertiary alicyclic amines) is 1. The number of aliphatic hydroxyl groups is 1. The van der Waals surface area contributed by atoms with Crippen LogP contribution in [0.15, 0.2) is 0 Å². The van der Waals surface area contributed by atoms with Crippen molar-refractivity contribution in [3.8, 4) is 0 Å². The zero-order valence-electron chi connectivity index (χ0n) is 11.4. The number of carbonyl (C=O) groups excluding carboxylic acids is 1. The van der Waals surface area contributed by atoms with Gasteiger partial charge in [0.15, 0.2) is 0 Å². The van der Waals surface area contributed by atoms with E-state index < -0.39 is 6.23 Å². The predicted octanol–water partition coefficient (Wildman–Crippen LogP) is 2.39. The Balaban J connectivity index is 2.87. The van der Waals surface area contributed by atoms with Crippen molar-refractivity contribution in [2.45, 2.75) is 66.2 Å². The first-order valence-corrected chi connectivity index (χ1v) is 6.05. The SMILES string of the molecule is CC1CC(=O)N(C(C)(C)CC(C)(C)C)C1O.